The van der Waals surface area contributed by atoms with Crippen molar-refractivity contribution < 1.29 is 19.0 Å². The minimum Gasteiger partial charge on any atom is -0.492 e. The predicted molar refractivity (Wildman–Crippen MR) is 92.8 cm³/mol. The second kappa shape index (κ2) is 7.66. The Labute approximate surface area is 146 Å². The van der Waals surface area contributed by atoms with Gasteiger partial charge in [0.2, 0.25) is 5.91 Å². The number of aliphatic hydroxyl groups is 1. The van der Waals surface area contributed by atoms with Gasteiger partial charge in [-0.3, -0.25) is 4.79 Å². The highest BCUT2D eigenvalue weighted by Crippen LogP contribution is 2.28. The number of ether oxygens (including phenoxy) is 1. The molecule has 4 nitrogen and oxygen atoms in total. The first kappa shape index (κ1) is 17.4. The van der Waals surface area contributed by atoms with E-state index in [4.69, 9.17) is 4.74 Å². The van der Waals surface area contributed by atoms with Crippen LogP contribution in [0.1, 0.15) is 18.1 Å². The number of carbonyl (C=O) groups excluding carboxylic acids is 1. The second-order valence-electron chi connectivity index (χ2n) is 6.52. The minimum absolute atomic E-state index is 0.186. The third kappa shape index (κ3) is 4.37. The van der Waals surface area contributed by atoms with Crippen LogP contribution in [0.2, 0.25) is 0 Å². The zero-order valence-corrected chi connectivity index (χ0v) is 14.1. The van der Waals surface area contributed by atoms with Crippen molar-refractivity contribution in [2.24, 2.45) is 5.92 Å². The maximum absolute atomic E-state index is 13.4. The van der Waals surface area contributed by atoms with Crippen LogP contribution in [-0.4, -0.2) is 29.8 Å². The number of benzene rings is 2. The molecule has 0 fully saturated rings. The quantitative estimate of drug-likeness (QED) is 0.877. The summed E-state index contributed by atoms with van der Waals surface area (Å²) < 4.78 is 18.9. The minimum atomic E-state index is -0.680. The van der Waals surface area contributed by atoms with Crippen molar-refractivity contribution in [3.05, 3.63) is 65.5 Å². The van der Waals surface area contributed by atoms with Gasteiger partial charge in [-0.25, -0.2) is 4.39 Å². The van der Waals surface area contributed by atoms with Crippen molar-refractivity contribution in [3.63, 3.8) is 0 Å². The standard InChI is InChI=1S/C20H22FNO3/c1-13(18(23)9-14-5-3-2-4-6-14)22-20(24)16-10-15-11-17(21)7-8-19(15)25-12-16/h2-8,11,13,16,18,23H,9-10,12H2,1H3,(H,22,24). The Kier molecular flexibility index (Phi) is 5.34. The first-order chi connectivity index (χ1) is 12.0. The molecule has 1 heterocycles. The first-order valence-corrected chi connectivity index (χ1v) is 8.46. The molecule has 2 N–H and O–H groups in total. The summed E-state index contributed by atoms with van der Waals surface area (Å²) in [6.45, 7) is 2.04. The predicted octanol–water partition coefficient (Wildman–Crippen LogP) is 2.49. The van der Waals surface area contributed by atoms with Gasteiger partial charge in [-0.1, -0.05) is 30.3 Å². The van der Waals surface area contributed by atoms with Gasteiger partial charge in [0, 0.05) is 6.42 Å². The number of halogens is 1. The van der Waals surface area contributed by atoms with Gasteiger partial charge in [-0.05, 0) is 42.7 Å². The van der Waals surface area contributed by atoms with Gasteiger partial charge in [0.15, 0.2) is 0 Å². The van der Waals surface area contributed by atoms with Gasteiger partial charge < -0.3 is 15.2 Å². The SMILES string of the molecule is CC(NC(=O)C1COc2ccc(F)cc2C1)C(O)Cc1ccccc1. The van der Waals surface area contributed by atoms with Crippen LogP contribution in [0.4, 0.5) is 4.39 Å². The molecule has 0 aromatic heterocycles. The summed E-state index contributed by atoms with van der Waals surface area (Å²) in [5.41, 5.74) is 1.71. The molecule has 0 spiro atoms. The Morgan fingerprint density at radius 2 is 2.08 bits per heavy atom. The highest BCUT2D eigenvalue weighted by Gasteiger charge is 2.28. The number of rotatable bonds is 5. The van der Waals surface area contributed by atoms with Crippen LogP contribution in [0.15, 0.2) is 48.5 Å². The lowest BCUT2D eigenvalue weighted by Crippen LogP contribution is -2.46. The number of carbonyl (C=O) groups is 1. The summed E-state index contributed by atoms with van der Waals surface area (Å²) in [6.07, 6.45) is 0.221. The molecule has 0 aliphatic carbocycles. The second-order valence-corrected chi connectivity index (χ2v) is 6.52. The zero-order valence-electron chi connectivity index (χ0n) is 14.1. The lowest BCUT2D eigenvalue weighted by atomic mass is 9.95. The molecule has 2 aromatic rings. The lowest BCUT2D eigenvalue weighted by Gasteiger charge is -2.27. The molecule has 0 radical (unpaired) electrons. The third-order valence-electron chi connectivity index (χ3n) is 4.53. The largest absolute Gasteiger partial charge is 0.492 e. The fraction of sp³-hybridized carbons (Fsp3) is 0.350. The number of amides is 1. The first-order valence-electron chi connectivity index (χ1n) is 8.46. The molecule has 3 atom stereocenters. The number of fused-ring (bicyclic) bond motifs is 1. The van der Waals surface area contributed by atoms with Crippen molar-refractivity contribution >= 4 is 5.91 Å². The molecule has 0 saturated carbocycles. The van der Waals surface area contributed by atoms with E-state index in [1.54, 1.807) is 13.0 Å². The van der Waals surface area contributed by atoms with E-state index in [2.05, 4.69) is 5.32 Å². The number of nitrogens with one attached hydrogen (secondary N) is 1. The summed E-state index contributed by atoms with van der Waals surface area (Å²) in [5.74, 6) is -0.284. The van der Waals surface area contributed by atoms with Crippen molar-refractivity contribution in [1.29, 1.82) is 0 Å². The Balaban J connectivity index is 1.56. The smallest absolute Gasteiger partial charge is 0.227 e. The Morgan fingerprint density at radius 3 is 2.84 bits per heavy atom. The van der Waals surface area contributed by atoms with Crippen LogP contribution in [0.3, 0.4) is 0 Å². The monoisotopic (exact) mass is 343 g/mol. The van der Waals surface area contributed by atoms with Crippen molar-refractivity contribution in [2.75, 3.05) is 6.61 Å². The maximum Gasteiger partial charge on any atom is 0.227 e. The van der Waals surface area contributed by atoms with E-state index >= 15 is 0 Å². The summed E-state index contributed by atoms with van der Waals surface area (Å²) in [7, 11) is 0. The van der Waals surface area contributed by atoms with Crippen molar-refractivity contribution in [2.45, 2.75) is 31.9 Å². The van der Waals surface area contributed by atoms with Gasteiger partial charge in [0.05, 0.1) is 18.1 Å². The molecular formula is C20H22FNO3. The van der Waals surface area contributed by atoms with Crippen LogP contribution < -0.4 is 10.1 Å². The van der Waals surface area contributed by atoms with Gasteiger partial charge in [-0.2, -0.15) is 0 Å². The molecule has 0 saturated heterocycles. The molecule has 1 amide bonds. The molecule has 1 aliphatic rings. The van der Waals surface area contributed by atoms with Crippen LogP contribution in [0.5, 0.6) is 5.75 Å². The van der Waals surface area contributed by atoms with E-state index in [1.807, 2.05) is 30.3 Å². The van der Waals surface area contributed by atoms with Crippen LogP contribution in [0, 0.1) is 11.7 Å². The van der Waals surface area contributed by atoms with Crippen molar-refractivity contribution in [3.8, 4) is 5.75 Å². The van der Waals surface area contributed by atoms with E-state index in [9.17, 15) is 14.3 Å². The van der Waals surface area contributed by atoms with Gasteiger partial charge in [0.1, 0.15) is 18.2 Å². The Morgan fingerprint density at radius 1 is 1.32 bits per heavy atom. The zero-order chi connectivity index (χ0) is 17.8. The molecule has 132 valence electrons. The molecular weight excluding hydrogens is 321 g/mol. The van der Waals surface area contributed by atoms with E-state index < -0.39 is 6.10 Å². The van der Waals surface area contributed by atoms with Crippen LogP contribution in [-0.2, 0) is 17.6 Å². The topological polar surface area (TPSA) is 58.6 Å². The highest BCUT2D eigenvalue weighted by atomic mass is 19.1. The summed E-state index contributed by atoms with van der Waals surface area (Å²) in [6, 6.07) is 13.6. The summed E-state index contributed by atoms with van der Waals surface area (Å²) >= 11 is 0. The fourth-order valence-corrected chi connectivity index (χ4v) is 3.00. The van der Waals surface area contributed by atoms with Crippen LogP contribution >= 0.6 is 0 Å². The normalized spacial score (nSPS) is 18.6. The highest BCUT2D eigenvalue weighted by molar-refractivity contribution is 5.80. The molecule has 5 heteroatoms. The van der Waals surface area contributed by atoms with E-state index in [0.717, 1.165) is 5.56 Å². The lowest BCUT2D eigenvalue weighted by molar-refractivity contribution is -0.127. The maximum atomic E-state index is 13.4. The van der Waals surface area contributed by atoms with Gasteiger partial charge >= 0.3 is 0 Å². The Bertz CT molecular complexity index is 735. The molecule has 1 aliphatic heterocycles. The number of aliphatic hydroxyl groups excluding tert-OH is 1. The third-order valence-corrected chi connectivity index (χ3v) is 4.53. The van der Waals surface area contributed by atoms with Crippen LogP contribution in [0.25, 0.3) is 0 Å². The van der Waals surface area contributed by atoms with Gasteiger partial charge in [-0.15, -0.1) is 0 Å². The fourth-order valence-electron chi connectivity index (χ4n) is 3.00. The Hall–Kier alpha value is -2.40. The number of hydrogen-bond acceptors (Lipinski definition) is 3. The molecule has 2 aromatic carbocycles. The molecule has 0 bridgehead atoms. The average Bonchev–Trinajstić information content (AvgIpc) is 2.61. The average molecular weight is 343 g/mol. The van der Waals surface area contributed by atoms with Gasteiger partial charge in [0.25, 0.3) is 0 Å². The molecule has 3 unspecified atom stereocenters. The number of hydrogen-bond donors (Lipinski definition) is 2. The molecule has 3 rings (SSSR count). The van der Waals surface area contributed by atoms with Crippen molar-refractivity contribution in [1.82, 2.24) is 5.32 Å². The van der Waals surface area contributed by atoms with E-state index in [0.29, 0.717) is 24.2 Å². The molecule has 25 heavy (non-hydrogen) atoms. The summed E-state index contributed by atoms with van der Waals surface area (Å²) in [4.78, 5) is 12.5. The summed E-state index contributed by atoms with van der Waals surface area (Å²) in [5, 5.41) is 13.2. The van der Waals surface area contributed by atoms with E-state index in [-0.39, 0.29) is 30.3 Å². The van der Waals surface area contributed by atoms with E-state index in [1.165, 1.54) is 12.1 Å².